The van der Waals surface area contributed by atoms with Gasteiger partial charge in [0.2, 0.25) is 0 Å². The fourth-order valence-corrected chi connectivity index (χ4v) is 1.47. The van der Waals surface area contributed by atoms with Gasteiger partial charge in [0.15, 0.2) is 0 Å². The molecule has 0 aliphatic carbocycles. The lowest BCUT2D eigenvalue weighted by Crippen LogP contribution is -2.18. The zero-order valence-electron chi connectivity index (χ0n) is 11.7. The second-order valence-corrected chi connectivity index (χ2v) is 4.64. The Bertz CT molecular complexity index is 311. The normalized spacial score (nSPS) is 12.4. The van der Waals surface area contributed by atoms with Crippen molar-refractivity contribution in [3.05, 3.63) is 29.8 Å². The molecule has 0 radical (unpaired) electrons. The highest BCUT2D eigenvalue weighted by Crippen LogP contribution is 2.13. The predicted octanol–water partition coefficient (Wildman–Crippen LogP) is 2.85. The Kier molecular flexibility index (Phi) is 7.46. The van der Waals surface area contributed by atoms with E-state index in [-0.39, 0.29) is 0 Å². The molecule has 0 saturated heterocycles. The summed E-state index contributed by atoms with van der Waals surface area (Å²) >= 11 is 0. The van der Waals surface area contributed by atoms with Crippen molar-refractivity contribution >= 4 is 0 Å². The smallest absolute Gasteiger partial charge is 0.119 e. The van der Waals surface area contributed by atoms with Gasteiger partial charge in [0, 0.05) is 20.2 Å². The maximum atomic E-state index is 5.72. The van der Waals surface area contributed by atoms with Crippen LogP contribution in [0.2, 0.25) is 0 Å². The van der Waals surface area contributed by atoms with E-state index in [2.05, 4.69) is 31.3 Å². The van der Waals surface area contributed by atoms with Gasteiger partial charge in [0.25, 0.3) is 0 Å². The molecule has 0 aliphatic heterocycles. The number of ether oxygens (including phenoxy) is 2. The van der Waals surface area contributed by atoms with Crippen molar-refractivity contribution < 1.29 is 9.47 Å². The Morgan fingerprint density at radius 1 is 1.22 bits per heavy atom. The highest BCUT2D eigenvalue weighted by Gasteiger charge is 2.00. The minimum absolute atomic E-state index is 0.611. The van der Waals surface area contributed by atoms with Crippen LogP contribution in [-0.4, -0.2) is 26.9 Å². The van der Waals surface area contributed by atoms with Gasteiger partial charge >= 0.3 is 0 Å². The molecule has 0 aromatic heterocycles. The summed E-state index contributed by atoms with van der Waals surface area (Å²) in [6.45, 7) is 7.67. The molecule has 1 aromatic carbocycles. The lowest BCUT2D eigenvalue weighted by Gasteiger charge is -2.11. The first-order valence-corrected chi connectivity index (χ1v) is 6.67. The summed E-state index contributed by atoms with van der Waals surface area (Å²) < 4.78 is 10.7. The van der Waals surface area contributed by atoms with Gasteiger partial charge in [0.05, 0.1) is 13.2 Å². The molecule has 1 aromatic rings. The summed E-state index contributed by atoms with van der Waals surface area (Å²) in [5.74, 6) is 1.57. The first kappa shape index (κ1) is 15.0. The quantitative estimate of drug-likeness (QED) is 0.685. The molecular weight excluding hydrogens is 226 g/mol. The lowest BCUT2D eigenvalue weighted by molar-refractivity contribution is 0.199. The highest BCUT2D eigenvalue weighted by atomic mass is 16.5. The zero-order valence-corrected chi connectivity index (χ0v) is 11.7. The van der Waals surface area contributed by atoms with Crippen LogP contribution in [0.5, 0.6) is 5.75 Å². The largest absolute Gasteiger partial charge is 0.493 e. The summed E-state index contributed by atoms with van der Waals surface area (Å²) in [5, 5.41) is 3.32. The van der Waals surface area contributed by atoms with E-state index in [1.165, 1.54) is 5.56 Å². The number of methoxy groups -OCH3 is 1. The van der Waals surface area contributed by atoms with Crippen LogP contribution in [0.1, 0.15) is 25.8 Å². The fraction of sp³-hybridized carbons (Fsp3) is 0.600. The molecule has 0 amide bonds. The van der Waals surface area contributed by atoms with E-state index in [0.29, 0.717) is 5.92 Å². The predicted molar refractivity (Wildman–Crippen MR) is 75.0 cm³/mol. The van der Waals surface area contributed by atoms with Crippen molar-refractivity contribution in [1.29, 1.82) is 0 Å². The van der Waals surface area contributed by atoms with Crippen LogP contribution in [-0.2, 0) is 11.3 Å². The number of hydrogen-bond donors (Lipinski definition) is 1. The van der Waals surface area contributed by atoms with Gasteiger partial charge in [-0.3, -0.25) is 0 Å². The standard InChI is InChI=1S/C15H25NO2/c1-4-13(2)12-18-15-7-5-14(6-8-15)11-16-9-10-17-3/h5-8,13,16H,4,9-12H2,1-3H3. The van der Waals surface area contributed by atoms with Crippen molar-refractivity contribution in [3.63, 3.8) is 0 Å². The summed E-state index contributed by atoms with van der Waals surface area (Å²) in [4.78, 5) is 0. The maximum Gasteiger partial charge on any atom is 0.119 e. The van der Waals surface area contributed by atoms with Crippen LogP contribution in [0.15, 0.2) is 24.3 Å². The van der Waals surface area contributed by atoms with Crippen LogP contribution in [0.4, 0.5) is 0 Å². The summed E-state index contributed by atoms with van der Waals surface area (Å²) in [6.07, 6.45) is 1.15. The van der Waals surface area contributed by atoms with E-state index >= 15 is 0 Å². The summed E-state index contributed by atoms with van der Waals surface area (Å²) in [6, 6.07) is 8.28. The molecule has 3 nitrogen and oxygen atoms in total. The number of nitrogens with one attached hydrogen (secondary N) is 1. The molecule has 0 bridgehead atoms. The summed E-state index contributed by atoms with van der Waals surface area (Å²) in [5.41, 5.74) is 1.27. The molecule has 0 saturated carbocycles. The molecule has 18 heavy (non-hydrogen) atoms. The maximum absolute atomic E-state index is 5.72. The van der Waals surface area contributed by atoms with E-state index in [9.17, 15) is 0 Å². The Morgan fingerprint density at radius 3 is 2.56 bits per heavy atom. The summed E-state index contributed by atoms with van der Waals surface area (Å²) in [7, 11) is 1.71. The first-order chi connectivity index (χ1) is 8.76. The van der Waals surface area contributed by atoms with E-state index in [0.717, 1.165) is 38.5 Å². The molecule has 1 rings (SSSR count). The van der Waals surface area contributed by atoms with Crippen molar-refractivity contribution in [2.24, 2.45) is 5.92 Å². The Hall–Kier alpha value is -1.06. The molecule has 0 spiro atoms. The molecule has 1 unspecified atom stereocenters. The topological polar surface area (TPSA) is 30.5 Å². The van der Waals surface area contributed by atoms with Crippen LogP contribution in [0, 0.1) is 5.92 Å². The van der Waals surface area contributed by atoms with Crippen LogP contribution in [0.3, 0.4) is 0 Å². The van der Waals surface area contributed by atoms with Crippen LogP contribution < -0.4 is 10.1 Å². The van der Waals surface area contributed by atoms with E-state index in [1.807, 2.05) is 12.1 Å². The monoisotopic (exact) mass is 251 g/mol. The zero-order chi connectivity index (χ0) is 13.2. The number of rotatable bonds is 9. The van der Waals surface area contributed by atoms with Gasteiger partial charge in [-0.25, -0.2) is 0 Å². The molecule has 1 N–H and O–H groups in total. The van der Waals surface area contributed by atoms with Gasteiger partial charge in [0.1, 0.15) is 5.75 Å². The van der Waals surface area contributed by atoms with Gasteiger partial charge in [-0.1, -0.05) is 32.4 Å². The van der Waals surface area contributed by atoms with Crippen molar-refractivity contribution in [1.82, 2.24) is 5.32 Å². The average Bonchev–Trinajstić information content (AvgIpc) is 2.42. The van der Waals surface area contributed by atoms with Gasteiger partial charge < -0.3 is 14.8 Å². The Balaban J connectivity index is 2.28. The highest BCUT2D eigenvalue weighted by molar-refractivity contribution is 5.27. The second-order valence-electron chi connectivity index (χ2n) is 4.64. The van der Waals surface area contributed by atoms with E-state index < -0.39 is 0 Å². The first-order valence-electron chi connectivity index (χ1n) is 6.67. The second kappa shape index (κ2) is 8.95. The third-order valence-corrected chi connectivity index (χ3v) is 2.97. The minimum Gasteiger partial charge on any atom is -0.493 e. The minimum atomic E-state index is 0.611. The van der Waals surface area contributed by atoms with Gasteiger partial charge in [-0.05, 0) is 23.6 Å². The van der Waals surface area contributed by atoms with E-state index in [1.54, 1.807) is 7.11 Å². The Labute approximate surface area is 110 Å². The number of hydrogen-bond acceptors (Lipinski definition) is 3. The number of benzene rings is 1. The average molecular weight is 251 g/mol. The molecule has 1 atom stereocenters. The third kappa shape index (κ3) is 6.03. The molecule has 3 heteroatoms. The molecule has 0 fully saturated rings. The SMILES string of the molecule is CCC(C)COc1ccc(CNCCOC)cc1. The molecule has 0 heterocycles. The van der Waals surface area contributed by atoms with E-state index in [4.69, 9.17) is 9.47 Å². The van der Waals surface area contributed by atoms with Crippen molar-refractivity contribution in [3.8, 4) is 5.75 Å². The van der Waals surface area contributed by atoms with Gasteiger partial charge in [-0.2, -0.15) is 0 Å². The fourth-order valence-electron chi connectivity index (χ4n) is 1.47. The molecule has 102 valence electrons. The third-order valence-electron chi connectivity index (χ3n) is 2.97. The Morgan fingerprint density at radius 2 is 1.94 bits per heavy atom. The molecular formula is C15H25NO2. The van der Waals surface area contributed by atoms with Crippen molar-refractivity contribution in [2.75, 3.05) is 26.9 Å². The lowest BCUT2D eigenvalue weighted by atomic mass is 10.1. The van der Waals surface area contributed by atoms with Gasteiger partial charge in [-0.15, -0.1) is 0 Å². The van der Waals surface area contributed by atoms with Crippen molar-refractivity contribution in [2.45, 2.75) is 26.8 Å². The van der Waals surface area contributed by atoms with Crippen LogP contribution >= 0.6 is 0 Å². The molecule has 0 aliphatic rings. The van der Waals surface area contributed by atoms with Crippen LogP contribution in [0.25, 0.3) is 0 Å².